The van der Waals surface area contributed by atoms with Crippen LogP contribution in [-0.2, 0) is 14.3 Å². The van der Waals surface area contributed by atoms with Gasteiger partial charge in [-0.05, 0) is 54.9 Å². The van der Waals surface area contributed by atoms with Crippen LogP contribution in [0.15, 0.2) is 70.8 Å². The van der Waals surface area contributed by atoms with Crippen LogP contribution in [-0.4, -0.2) is 41.3 Å². The molecule has 3 rings (SSSR count). The molecule has 0 aromatic heterocycles. The Kier molecular flexibility index (Phi) is 8.52. The number of carbonyl (C=O) groups is 2. The van der Waals surface area contributed by atoms with Crippen molar-refractivity contribution in [3.8, 4) is 0 Å². The van der Waals surface area contributed by atoms with Crippen molar-refractivity contribution in [1.82, 2.24) is 10.2 Å². The zero-order valence-corrected chi connectivity index (χ0v) is 20.9. The molecule has 0 aliphatic carbocycles. The van der Waals surface area contributed by atoms with Crippen LogP contribution in [0.3, 0.4) is 0 Å². The molecule has 1 aliphatic rings. The minimum atomic E-state index is -0.469. The van der Waals surface area contributed by atoms with E-state index in [1.807, 2.05) is 82.4 Å². The molecule has 1 amide bonds. The molecule has 1 heterocycles. The van der Waals surface area contributed by atoms with Gasteiger partial charge < -0.3 is 20.3 Å². The molecule has 2 aromatic rings. The summed E-state index contributed by atoms with van der Waals surface area (Å²) in [5.41, 5.74) is 2.72. The minimum Gasteiger partial charge on any atom is -0.462 e. The second-order valence-corrected chi connectivity index (χ2v) is 9.64. The average Bonchev–Trinajstić information content (AvgIpc) is 2.80. The first-order valence-corrected chi connectivity index (χ1v) is 12.2. The Morgan fingerprint density at radius 3 is 2.61 bits per heavy atom. The Bertz CT molecular complexity index is 1050. The lowest BCUT2D eigenvalue weighted by Gasteiger charge is -2.35. The fraction of sp³-hybridized carbons (Fsp3) is 0.320. The number of esters is 1. The van der Waals surface area contributed by atoms with Crippen molar-refractivity contribution in [1.29, 1.82) is 0 Å². The van der Waals surface area contributed by atoms with E-state index in [2.05, 4.69) is 10.6 Å². The minimum absolute atomic E-state index is 0.101. The zero-order chi connectivity index (χ0) is 24.0. The summed E-state index contributed by atoms with van der Waals surface area (Å²) in [5.74, 6) is 0.0604. The fourth-order valence-electron chi connectivity index (χ4n) is 3.33. The maximum atomic E-state index is 13.0. The van der Waals surface area contributed by atoms with Gasteiger partial charge in [0.1, 0.15) is 0 Å². The van der Waals surface area contributed by atoms with Gasteiger partial charge in [-0.1, -0.05) is 44.2 Å². The smallest absolute Gasteiger partial charge is 0.338 e. The molecule has 0 spiro atoms. The first-order chi connectivity index (χ1) is 15.8. The molecule has 2 N–H and O–H groups in total. The Balaban J connectivity index is 1.78. The zero-order valence-electron chi connectivity index (χ0n) is 19.3. The van der Waals surface area contributed by atoms with Crippen LogP contribution in [0.25, 0.3) is 0 Å². The number of amides is 1. The van der Waals surface area contributed by atoms with Crippen LogP contribution in [0.4, 0.5) is 5.69 Å². The number of carbonyl (C=O) groups excluding carboxylic acids is 2. The van der Waals surface area contributed by atoms with E-state index in [0.29, 0.717) is 28.7 Å². The van der Waals surface area contributed by atoms with E-state index in [-0.39, 0.29) is 17.8 Å². The Hall–Kier alpha value is -2.84. The summed E-state index contributed by atoms with van der Waals surface area (Å²) in [6, 6.07) is 16.8. The second kappa shape index (κ2) is 11.3. The highest BCUT2D eigenvalue weighted by Gasteiger charge is 2.33. The number of hydrogen-bond acceptors (Lipinski definition) is 5. The standard InChI is InChI=1S/C25H29N3O3S2/c1-16(2)14-31-24(30)22-17(3)28(4)25(32)27-23(22)18-9-8-10-19(13-18)26-21(29)15-33-20-11-6-5-7-12-20/h5-13,16,23H,14-15H2,1-4H3,(H,26,29)(H,27,32). The number of benzene rings is 2. The molecule has 1 aliphatic heterocycles. The molecule has 8 heteroatoms. The van der Waals surface area contributed by atoms with Gasteiger partial charge in [0.15, 0.2) is 5.11 Å². The molecule has 0 bridgehead atoms. The molecule has 1 unspecified atom stereocenters. The van der Waals surface area contributed by atoms with Gasteiger partial charge in [-0.2, -0.15) is 0 Å². The first-order valence-electron chi connectivity index (χ1n) is 10.8. The summed E-state index contributed by atoms with van der Waals surface area (Å²) < 4.78 is 5.54. The van der Waals surface area contributed by atoms with E-state index in [4.69, 9.17) is 17.0 Å². The maximum Gasteiger partial charge on any atom is 0.338 e. The van der Waals surface area contributed by atoms with Gasteiger partial charge in [-0.25, -0.2) is 4.79 Å². The van der Waals surface area contributed by atoms with E-state index in [9.17, 15) is 9.59 Å². The van der Waals surface area contributed by atoms with Crippen molar-refractivity contribution in [2.24, 2.45) is 5.92 Å². The van der Waals surface area contributed by atoms with Crippen LogP contribution < -0.4 is 10.6 Å². The number of anilines is 1. The van der Waals surface area contributed by atoms with Crippen LogP contribution in [0, 0.1) is 5.92 Å². The van der Waals surface area contributed by atoms with E-state index < -0.39 is 6.04 Å². The lowest BCUT2D eigenvalue weighted by molar-refractivity contribution is -0.140. The topological polar surface area (TPSA) is 70.7 Å². The highest BCUT2D eigenvalue weighted by atomic mass is 32.2. The normalized spacial score (nSPS) is 16.0. The number of thiocarbonyl (C=S) groups is 1. The quantitative estimate of drug-likeness (QED) is 0.319. The number of nitrogens with zero attached hydrogens (tertiary/aromatic N) is 1. The largest absolute Gasteiger partial charge is 0.462 e. The molecule has 6 nitrogen and oxygen atoms in total. The number of nitrogens with one attached hydrogen (secondary N) is 2. The average molecular weight is 484 g/mol. The lowest BCUT2D eigenvalue weighted by Crippen LogP contribution is -2.46. The van der Waals surface area contributed by atoms with E-state index in [1.165, 1.54) is 11.8 Å². The summed E-state index contributed by atoms with van der Waals surface area (Å²) in [6.07, 6.45) is 0. The van der Waals surface area contributed by atoms with Crippen molar-refractivity contribution >= 4 is 46.7 Å². The van der Waals surface area contributed by atoms with Crippen molar-refractivity contribution in [3.63, 3.8) is 0 Å². The maximum absolute atomic E-state index is 13.0. The van der Waals surface area contributed by atoms with Gasteiger partial charge in [0, 0.05) is 23.3 Å². The predicted octanol–water partition coefficient (Wildman–Crippen LogP) is 4.75. The number of ether oxygens (including phenoxy) is 1. The number of allylic oxidation sites excluding steroid dienone is 1. The summed E-state index contributed by atoms with van der Waals surface area (Å²) in [6.45, 7) is 6.19. The molecule has 2 aromatic carbocycles. The molecule has 0 saturated heterocycles. The third-order valence-electron chi connectivity index (χ3n) is 5.14. The van der Waals surface area contributed by atoms with Gasteiger partial charge >= 0.3 is 5.97 Å². The molecular weight excluding hydrogens is 454 g/mol. The molecule has 33 heavy (non-hydrogen) atoms. The second-order valence-electron chi connectivity index (χ2n) is 8.21. The number of rotatable bonds is 8. The predicted molar refractivity (Wildman–Crippen MR) is 137 cm³/mol. The fourth-order valence-corrected chi connectivity index (χ4v) is 4.30. The first kappa shape index (κ1) is 24.8. The molecule has 0 fully saturated rings. The van der Waals surface area contributed by atoms with E-state index in [1.54, 1.807) is 4.90 Å². The van der Waals surface area contributed by atoms with Crippen LogP contribution in [0.5, 0.6) is 0 Å². The molecule has 174 valence electrons. The lowest BCUT2D eigenvalue weighted by atomic mass is 9.94. The summed E-state index contributed by atoms with van der Waals surface area (Å²) >= 11 is 6.95. The van der Waals surface area contributed by atoms with Crippen molar-refractivity contribution < 1.29 is 14.3 Å². The molecular formula is C25H29N3O3S2. The highest BCUT2D eigenvalue weighted by Crippen LogP contribution is 2.32. The van der Waals surface area contributed by atoms with Crippen molar-refractivity contribution in [2.45, 2.75) is 31.7 Å². The van der Waals surface area contributed by atoms with E-state index >= 15 is 0 Å². The Labute approximate surface area is 204 Å². The molecule has 0 radical (unpaired) electrons. The van der Waals surface area contributed by atoms with Gasteiger partial charge in [0.25, 0.3) is 0 Å². The third-order valence-corrected chi connectivity index (χ3v) is 6.54. The Morgan fingerprint density at radius 1 is 1.18 bits per heavy atom. The van der Waals surface area contributed by atoms with Gasteiger partial charge in [0.05, 0.1) is 24.0 Å². The van der Waals surface area contributed by atoms with Crippen molar-refractivity contribution in [2.75, 3.05) is 24.7 Å². The number of hydrogen-bond donors (Lipinski definition) is 2. The Morgan fingerprint density at radius 2 is 1.91 bits per heavy atom. The van der Waals surface area contributed by atoms with Crippen LogP contribution in [0.1, 0.15) is 32.4 Å². The van der Waals surface area contributed by atoms with Crippen LogP contribution in [0.2, 0.25) is 0 Å². The molecule has 0 saturated carbocycles. The SMILES string of the molecule is CC1=C(C(=O)OCC(C)C)C(c2cccc(NC(=O)CSc3ccccc3)c2)NC(=S)N1C. The van der Waals surface area contributed by atoms with Crippen LogP contribution >= 0.6 is 24.0 Å². The van der Waals surface area contributed by atoms with Gasteiger partial charge in [-0.3, -0.25) is 4.79 Å². The number of thioether (sulfide) groups is 1. The summed E-state index contributed by atoms with van der Waals surface area (Å²) in [7, 11) is 1.82. The summed E-state index contributed by atoms with van der Waals surface area (Å²) in [5, 5.41) is 6.70. The molecule has 1 atom stereocenters. The third kappa shape index (κ3) is 6.58. The highest BCUT2D eigenvalue weighted by molar-refractivity contribution is 8.00. The monoisotopic (exact) mass is 483 g/mol. The summed E-state index contributed by atoms with van der Waals surface area (Å²) in [4.78, 5) is 28.3. The van der Waals surface area contributed by atoms with E-state index in [0.717, 1.165) is 16.2 Å². The van der Waals surface area contributed by atoms with Gasteiger partial charge in [0.2, 0.25) is 5.91 Å². The van der Waals surface area contributed by atoms with Crippen molar-refractivity contribution in [3.05, 3.63) is 71.4 Å². The van der Waals surface area contributed by atoms with Gasteiger partial charge in [-0.15, -0.1) is 11.8 Å².